The number of carbonyl (C=O) groups excluding carboxylic acids is 1. The maximum absolute atomic E-state index is 11.6. The van der Waals surface area contributed by atoms with Gasteiger partial charge in [0.25, 0.3) is 0 Å². The first kappa shape index (κ1) is 13.0. The average molecular weight is 239 g/mol. The van der Waals surface area contributed by atoms with Crippen LogP contribution in [0.5, 0.6) is 0 Å². The summed E-state index contributed by atoms with van der Waals surface area (Å²) in [4.78, 5) is 15.7. The van der Waals surface area contributed by atoms with Crippen LogP contribution in [-0.4, -0.2) is 28.9 Å². The van der Waals surface area contributed by atoms with E-state index in [1.807, 2.05) is 25.3 Å². The molecule has 1 aromatic heterocycles. The van der Waals surface area contributed by atoms with Crippen LogP contribution in [0.3, 0.4) is 0 Å². The molecule has 0 radical (unpaired) electrons. The van der Waals surface area contributed by atoms with Crippen molar-refractivity contribution in [1.82, 2.24) is 4.98 Å². The van der Waals surface area contributed by atoms with Gasteiger partial charge in [-0.3, -0.25) is 4.79 Å². The van der Waals surface area contributed by atoms with Crippen molar-refractivity contribution in [3.05, 3.63) is 23.9 Å². The van der Waals surface area contributed by atoms with Crippen LogP contribution in [0, 0.1) is 6.92 Å². The third-order valence-corrected chi connectivity index (χ3v) is 2.78. The summed E-state index contributed by atoms with van der Waals surface area (Å²) in [6, 6.07) is 3.23. The highest BCUT2D eigenvalue weighted by atomic mass is 32.2. The largest absolute Gasteiger partial charge is 0.320 e. The second-order valence-corrected chi connectivity index (χ2v) is 4.58. The molecule has 1 heterocycles. The number of pyridine rings is 1. The van der Waals surface area contributed by atoms with Crippen molar-refractivity contribution in [3.63, 3.8) is 0 Å². The first-order valence-corrected chi connectivity index (χ1v) is 6.51. The maximum Gasteiger partial charge on any atom is 0.242 e. The molecule has 88 valence electrons. The predicted octanol–water partition coefficient (Wildman–Crippen LogP) is 1.41. The molecule has 0 aliphatic heterocycles. The van der Waals surface area contributed by atoms with E-state index < -0.39 is 6.04 Å². The van der Waals surface area contributed by atoms with E-state index in [9.17, 15) is 4.79 Å². The molecule has 0 saturated carbocycles. The standard InChI is InChI=1S/C11H17N3OS/c1-8-3-5-13-10(7-8)14-11(15)9(12)4-6-16-2/h3,5,7,9H,4,6,12H2,1-2H3,(H,13,14,15)/t9-/m0/s1. The van der Waals surface area contributed by atoms with E-state index in [2.05, 4.69) is 10.3 Å². The molecule has 0 saturated heterocycles. The molecule has 0 spiro atoms. The molecule has 1 amide bonds. The maximum atomic E-state index is 11.6. The van der Waals surface area contributed by atoms with Gasteiger partial charge in [-0.05, 0) is 43.0 Å². The highest BCUT2D eigenvalue weighted by molar-refractivity contribution is 7.98. The average Bonchev–Trinajstić information content (AvgIpc) is 2.25. The zero-order chi connectivity index (χ0) is 12.0. The second kappa shape index (κ2) is 6.50. The summed E-state index contributed by atoms with van der Waals surface area (Å²) < 4.78 is 0. The zero-order valence-corrected chi connectivity index (χ0v) is 10.4. The van der Waals surface area contributed by atoms with E-state index in [-0.39, 0.29) is 5.91 Å². The van der Waals surface area contributed by atoms with Crippen LogP contribution in [0.25, 0.3) is 0 Å². The zero-order valence-electron chi connectivity index (χ0n) is 9.56. The number of carbonyl (C=O) groups is 1. The molecule has 1 aromatic rings. The van der Waals surface area contributed by atoms with Crippen LogP contribution in [-0.2, 0) is 4.79 Å². The Hall–Kier alpha value is -1.07. The van der Waals surface area contributed by atoms with E-state index in [0.717, 1.165) is 11.3 Å². The fraction of sp³-hybridized carbons (Fsp3) is 0.455. The van der Waals surface area contributed by atoms with Crippen molar-refractivity contribution >= 4 is 23.5 Å². The lowest BCUT2D eigenvalue weighted by Crippen LogP contribution is -2.36. The number of amides is 1. The van der Waals surface area contributed by atoms with Crippen molar-refractivity contribution in [2.45, 2.75) is 19.4 Å². The highest BCUT2D eigenvalue weighted by Crippen LogP contribution is 2.06. The Balaban J connectivity index is 2.50. The first-order chi connectivity index (χ1) is 7.63. The molecule has 4 nitrogen and oxygen atoms in total. The molecule has 0 bridgehead atoms. The van der Waals surface area contributed by atoms with Gasteiger partial charge in [0, 0.05) is 6.20 Å². The van der Waals surface area contributed by atoms with Crippen molar-refractivity contribution in [3.8, 4) is 0 Å². The Kier molecular flexibility index (Phi) is 5.28. The molecular formula is C11H17N3OS. The van der Waals surface area contributed by atoms with Crippen LogP contribution in [0.1, 0.15) is 12.0 Å². The number of hydrogen-bond acceptors (Lipinski definition) is 4. The fourth-order valence-corrected chi connectivity index (χ4v) is 1.69. The highest BCUT2D eigenvalue weighted by Gasteiger charge is 2.13. The summed E-state index contributed by atoms with van der Waals surface area (Å²) in [6.07, 6.45) is 4.34. The second-order valence-electron chi connectivity index (χ2n) is 3.60. The lowest BCUT2D eigenvalue weighted by atomic mass is 10.2. The topological polar surface area (TPSA) is 68.0 Å². The monoisotopic (exact) mass is 239 g/mol. The Morgan fingerprint density at radius 2 is 2.44 bits per heavy atom. The van der Waals surface area contributed by atoms with Crippen LogP contribution in [0.15, 0.2) is 18.3 Å². The molecule has 0 unspecified atom stereocenters. The van der Waals surface area contributed by atoms with Gasteiger partial charge in [-0.2, -0.15) is 11.8 Å². The molecule has 0 aliphatic rings. The normalized spacial score (nSPS) is 12.2. The Morgan fingerprint density at radius 3 is 3.06 bits per heavy atom. The third-order valence-electron chi connectivity index (χ3n) is 2.14. The summed E-state index contributed by atoms with van der Waals surface area (Å²) in [5.41, 5.74) is 6.79. The van der Waals surface area contributed by atoms with Crippen molar-refractivity contribution in [2.24, 2.45) is 5.73 Å². The summed E-state index contributed by atoms with van der Waals surface area (Å²) in [7, 11) is 0. The minimum atomic E-state index is -0.463. The number of thioether (sulfide) groups is 1. The lowest BCUT2D eigenvalue weighted by Gasteiger charge is -2.11. The number of aryl methyl sites for hydroxylation is 1. The number of nitrogens with zero attached hydrogens (tertiary/aromatic N) is 1. The van der Waals surface area contributed by atoms with Gasteiger partial charge in [-0.1, -0.05) is 0 Å². The van der Waals surface area contributed by atoms with Gasteiger partial charge in [0.05, 0.1) is 6.04 Å². The van der Waals surface area contributed by atoms with Gasteiger partial charge in [-0.25, -0.2) is 4.98 Å². The van der Waals surface area contributed by atoms with Gasteiger partial charge in [0.1, 0.15) is 5.82 Å². The molecular weight excluding hydrogens is 222 g/mol. The van der Waals surface area contributed by atoms with Crippen LogP contribution >= 0.6 is 11.8 Å². The van der Waals surface area contributed by atoms with Gasteiger partial charge in [0.15, 0.2) is 0 Å². The predicted molar refractivity (Wildman–Crippen MR) is 68.6 cm³/mol. The van der Waals surface area contributed by atoms with Crippen molar-refractivity contribution in [2.75, 3.05) is 17.3 Å². The van der Waals surface area contributed by atoms with Crippen molar-refractivity contribution in [1.29, 1.82) is 0 Å². The van der Waals surface area contributed by atoms with Crippen molar-refractivity contribution < 1.29 is 4.79 Å². The summed E-state index contributed by atoms with van der Waals surface area (Å²) in [5.74, 6) is 1.27. The van der Waals surface area contributed by atoms with Crippen LogP contribution < -0.4 is 11.1 Å². The molecule has 5 heteroatoms. The summed E-state index contributed by atoms with van der Waals surface area (Å²) >= 11 is 1.68. The molecule has 0 fully saturated rings. The van der Waals surface area contributed by atoms with Gasteiger partial charge >= 0.3 is 0 Å². The number of rotatable bonds is 5. The van der Waals surface area contributed by atoms with E-state index in [1.54, 1.807) is 18.0 Å². The molecule has 0 aliphatic carbocycles. The van der Waals surface area contributed by atoms with Crippen LogP contribution in [0.2, 0.25) is 0 Å². The number of hydrogen-bond donors (Lipinski definition) is 2. The van der Waals surface area contributed by atoms with E-state index in [1.165, 1.54) is 0 Å². The SMILES string of the molecule is CSCC[C@H](N)C(=O)Nc1cc(C)ccn1. The molecule has 0 aromatic carbocycles. The van der Waals surface area contributed by atoms with Crippen LogP contribution in [0.4, 0.5) is 5.82 Å². The molecule has 3 N–H and O–H groups in total. The molecule has 1 rings (SSSR count). The fourth-order valence-electron chi connectivity index (χ4n) is 1.20. The Labute approximate surface area is 100 Å². The molecule has 1 atom stereocenters. The van der Waals surface area contributed by atoms with E-state index >= 15 is 0 Å². The van der Waals surface area contributed by atoms with E-state index in [4.69, 9.17) is 5.73 Å². The minimum Gasteiger partial charge on any atom is -0.320 e. The first-order valence-electron chi connectivity index (χ1n) is 5.11. The quantitative estimate of drug-likeness (QED) is 0.815. The molecule has 16 heavy (non-hydrogen) atoms. The number of nitrogens with two attached hydrogens (primary N) is 1. The minimum absolute atomic E-state index is 0.174. The van der Waals surface area contributed by atoms with Gasteiger partial charge < -0.3 is 11.1 Å². The third kappa shape index (κ3) is 4.20. The van der Waals surface area contributed by atoms with Gasteiger partial charge in [0.2, 0.25) is 5.91 Å². The smallest absolute Gasteiger partial charge is 0.242 e. The van der Waals surface area contributed by atoms with E-state index in [0.29, 0.717) is 12.2 Å². The van der Waals surface area contributed by atoms with Gasteiger partial charge in [-0.15, -0.1) is 0 Å². The Bertz CT molecular complexity index is 357. The number of aromatic nitrogens is 1. The number of nitrogens with one attached hydrogen (secondary N) is 1. The lowest BCUT2D eigenvalue weighted by molar-refractivity contribution is -0.117. The summed E-state index contributed by atoms with van der Waals surface area (Å²) in [5, 5.41) is 2.71. The number of anilines is 1. The summed E-state index contributed by atoms with van der Waals surface area (Å²) in [6.45, 7) is 1.95. The Morgan fingerprint density at radius 1 is 1.69 bits per heavy atom.